The first-order valence-electron chi connectivity index (χ1n) is 6.21. The Hall–Kier alpha value is -1.60. The molecule has 1 aromatic heterocycles. The van der Waals surface area contributed by atoms with Crippen LogP contribution in [-0.2, 0) is 0 Å². The first kappa shape index (κ1) is 11.5. The lowest BCUT2D eigenvalue weighted by Gasteiger charge is -2.02. The molecule has 3 rings (SSSR count). The predicted molar refractivity (Wildman–Crippen MR) is 80.8 cm³/mol. The van der Waals surface area contributed by atoms with Gasteiger partial charge in [0, 0.05) is 16.0 Å². The zero-order chi connectivity index (χ0) is 12.7. The molecule has 0 N–H and O–H groups in total. The number of hydrogen-bond donors (Lipinski definition) is 0. The Kier molecular flexibility index (Phi) is 2.71. The molecule has 1 heterocycles. The summed E-state index contributed by atoms with van der Waals surface area (Å²) in [4.78, 5) is 1.41. The average molecular weight is 252 g/mol. The molecule has 0 unspecified atom stereocenters. The first-order valence-corrected chi connectivity index (χ1v) is 7.09. The summed E-state index contributed by atoms with van der Waals surface area (Å²) in [6.45, 7) is 6.50. The third-order valence-electron chi connectivity index (χ3n) is 3.39. The third kappa shape index (κ3) is 1.75. The van der Waals surface area contributed by atoms with E-state index >= 15 is 0 Å². The minimum atomic E-state index is 1.31. The van der Waals surface area contributed by atoms with Gasteiger partial charge in [0.2, 0.25) is 0 Å². The van der Waals surface area contributed by atoms with Gasteiger partial charge in [0.25, 0.3) is 0 Å². The van der Waals surface area contributed by atoms with E-state index in [1.165, 1.54) is 38.3 Å². The highest BCUT2D eigenvalue weighted by atomic mass is 32.1. The van der Waals surface area contributed by atoms with E-state index in [-0.39, 0.29) is 0 Å². The van der Waals surface area contributed by atoms with Crippen LogP contribution in [0.25, 0.3) is 11.1 Å². The molecule has 0 amide bonds. The maximum absolute atomic E-state index is 2.33. The topological polar surface area (TPSA) is 0 Å². The molecule has 0 aliphatic heterocycles. The van der Waals surface area contributed by atoms with Gasteiger partial charge in [0.05, 0.1) is 0 Å². The molecule has 0 atom stereocenters. The van der Waals surface area contributed by atoms with Crippen molar-refractivity contribution in [3.8, 4) is 0 Å². The molecule has 0 saturated heterocycles. The average Bonchev–Trinajstić information content (AvgIpc) is 2.91. The molecule has 0 saturated carbocycles. The maximum Gasteiger partial charge on any atom is 0.0427 e. The van der Waals surface area contributed by atoms with E-state index in [1.54, 1.807) is 0 Å². The number of rotatable bonds is 1. The summed E-state index contributed by atoms with van der Waals surface area (Å²) >= 11 is 1.84. The van der Waals surface area contributed by atoms with Gasteiger partial charge in [-0.1, -0.05) is 35.4 Å². The molecule has 1 aliphatic rings. The Morgan fingerprint density at radius 3 is 2.39 bits per heavy atom. The quantitative estimate of drug-likeness (QED) is 0.646. The van der Waals surface area contributed by atoms with E-state index in [0.29, 0.717) is 0 Å². The summed E-state index contributed by atoms with van der Waals surface area (Å²) in [5, 5.41) is 2.19. The molecule has 1 aliphatic carbocycles. The molecule has 1 heteroatoms. The van der Waals surface area contributed by atoms with Crippen LogP contribution in [0.5, 0.6) is 0 Å². The van der Waals surface area contributed by atoms with E-state index < -0.39 is 0 Å². The molecule has 0 bridgehead atoms. The minimum absolute atomic E-state index is 1.31. The number of allylic oxidation sites excluding steroid dienone is 3. The fraction of sp³-hybridized carbons (Fsp3) is 0.176. The second-order valence-electron chi connectivity index (χ2n) is 5.00. The van der Waals surface area contributed by atoms with Crippen LogP contribution >= 0.6 is 11.3 Å². The molecule has 0 fully saturated rings. The lowest BCUT2D eigenvalue weighted by molar-refractivity contribution is 1.40. The van der Waals surface area contributed by atoms with Gasteiger partial charge in [0.1, 0.15) is 0 Å². The highest BCUT2D eigenvalue weighted by Crippen LogP contribution is 2.43. The van der Waals surface area contributed by atoms with Crippen LogP contribution in [0.2, 0.25) is 0 Å². The Balaban J connectivity index is 2.17. The van der Waals surface area contributed by atoms with Crippen LogP contribution in [0.15, 0.2) is 47.4 Å². The highest BCUT2D eigenvalue weighted by molar-refractivity contribution is 7.11. The van der Waals surface area contributed by atoms with E-state index in [0.717, 1.165) is 0 Å². The Morgan fingerprint density at radius 2 is 1.72 bits per heavy atom. The summed E-state index contributed by atoms with van der Waals surface area (Å²) in [6, 6.07) is 11.0. The molecule has 2 aromatic rings. The van der Waals surface area contributed by atoms with Crippen LogP contribution in [-0.4, -0.2) is 0 Å². The van der Waals surface area contributed by atoms with Crippen LogP contribution in [0.1, 0.15) is 35.4 Å². The predicted octanol–water partition coefficient (Wildman–Crippen LogP) is 5.30. The molecular formula is C17H16S. The molecule has 0 radical (unpaired) electrons. The largest absolute Gasteiger partial charge is 0.143 e. The van der Waals surface area contributed by atoms with Crippen LogP contribution in [0, 0.1) is 6.92 Å². The van der Waals surface area contributed by atoms with Crippen LogP contribution < -0.4 is 0 Å². The van der Waals surface area contributed by atoms with Crippen molar-refractivity contribution in [1.82, 2.24) is 0 Å². The van der Waals surface area contributed by atoms with Crippen molar-refractivity contribution in [2.24, 2.45) is 0 Å². The zero-order valence-electron chi connectivity index (χ0n) is 10.9. The van der Waals surface area contributed by atoms with Gasteiger partial charge in [-0.3, -0.25) is 0 Å². The van der Waals surface area contributed by atoms with Crippen molar-refractivity contribution >= 4 is 22.5 Å². The summed E-state index contributed by atoms with van der Waals surface area (Å²) in [5.41, 5.74) is 8.18. The molecule has 90 valence electrons. The Labute approximate surface area is 112 Å². The number of hydrogen-bond acceptors (Lipinski definition) is 1. The van der Waals surface area contributed by atoms with Gasteiger partial charge in [-0.05, 0) is 49.4 Å². The second kappa shape index (κ2) is 4.25. The van der Waals surface area contributed by atoms with E-state index in [4.69, 9.17) is 0 Å². The van der Waals surface area contributed by atoms with E-state index in [9.17, 15) is 0 Å². The number of aryl methyl sites for hydroxylation is 1. The molecular weight excluding hydrogens is 236 g/mol. The van der Waals surface area contributed by atoms with Gasteiger partial charge >= 0.3 is 0 Å². The molecule has 18 heavy (non-hydrogen) atoms. The number of benzene rings is 1. The van der Waals surface area contributed by atoms with Gasteiger partial charge in [-0.25, -0.2) is 0 Å². The summed E-state index contributed by atoms with van der Waals surface area (Å²) < 4.78 is 0. The SMILES string of the molecule is CC(C)=C1C=C(c2ccc(C)cc2)c2sccc21. The molecule has 1 aromatic carbocycles. The Bertz CT molecular complexity index is 647. The summed E-state index contributed by atoms with van der Waals surface area (Å²) in [6.07, 6.45) is 2.33. The van der Waals surface area contributed by atoms with Gasteiger partial charge < -0.3 is 0 Å². The molecule has 0 nitrogen and oxygen atoms in total. The Morgan fingerprint density at radius 1 is 1.00 bits per heavy atom. The third-order valence-corrected chi connectivity index (χ3v) is 4.34. The summed E-state index contributed by atoms with van der Waals surface area (Å²) in [5.74, 6) is 0. The van der Waals surface area contributed by atoms with E-state index in [2.05, 4.69) is 62.6 Å². The maximum atomic E-state index is 2.33. The van der Waals surface area contributed by atoms with Crippen molar-refractivity contribution in [3.05, 3.63) is 68.9 Å². The lowest BCUT2D eigenvalue weighted by Crippen LogP contribution is -1.82. The van der Waals surface area contributed by atoms with Crippen molar-refractivity contribution in [1.29, 1.82) is 0 Å². The second-order valence-corrected chi connectivity index (χ2v) is 5.92. The van der Waals surface area contributed by atoms with E-state index in [1.807, 2.05) is 11.3 Å². The minimum Gasteiger partial charge on any atom is -0.143 e. The van der Waals surface area contributed by atoms with Crippen molar-refractivity contribution in [2.75, 3.05) is 0 Å². The number of thiophene rings is 1. The number of fused-ring (bicyclic) bond motifs is 1. The van der Waals surface area contributed by atoms with Crippen LogP contribution in [0.4, 0.5) is 0 Å². The first-order chi connectivity index (χ1) is 8.66. The zero-order valence-corrected chi connectivity index (χ0v) is 11.8. The van der Waals surface area contributed by atoms with Crippen molar-refractivity contribution < 1.29 is 0 Å². The fourth-order valence-corrected chi connectivity index (χ4v) is 3.33. The van der Waals surface area contributed by atoms with Gasteiger partial charge in [-0.15, -0.1) is 11.3 Å². The smallest absolute Gasteiger partial charge is 0.0427 e. The standard InChI is InChI=1S/C17H16S/c1-11(2)15-10-16(17-14(15)8-9-18-17)13-6-4-12(3)5-7-13/h4-10H,1-3H3. The van der Waals surface area contributed by atoms with Crippen LogP contribution in [0.3, 0.4) is 0 Å². The normalized spacial score (nSPS) is 13.5. The lowest BCUT2D eigenvalue weighted by atomic mass is 10.0. The van der Waals surface area contributed by atoms with Gasteiger partial charge in [-0.2, -0.15) is 0 Å². The van der Waals surface area contributed by atoms with Gasteiger partial charge in [0.15, 0.2) is 0 Å². The van der Waals surface area contributed by atoms with Crippen molar-refractivity contribution in [3.63, 3.8) is 0 Å². The van der Waals surface area contributed by atoms with Crippen molar-refractivity contribution in [2.45, 2.75) is 20.8 Å². The fourth-order valence-electron chi connectivity index (χ4n) is 2.38. The molecule has 0 spiro atoms. The highest BCUT2D eigenvalue weighted by Gasteiger charge is 2.21. The summed E-state index contributed by atoms with van der Waals surface area (Å²) in [7, 11) is 0. The monoisotopic (exact) mass is 252 g/mol.